The molecule has 0 aliphatic carbocycles. The third kappa shape index (κ3) is 1.71. The number of hydrogen-bond donors (Lipinski definition) is 0. The maximum atomic E-state index is 6.06. The monoisotopic (exact) mass is 258 g/mol. The first kappa shape index (κ1) is 10.7. The number of hydrogen-bond acceptors (Lipinski definition) is 5. The zero-order valence-electron chi connectivity index (χ0n) is 9.27. The quantitative estimate of drug-likeness (QED) is 0.770. The second-order valence-electron chi connectivity index (χ2n) is 4.67. The summed E-state index contributed by atoms with van der Waals surface area (Å²) in [6.07, 6.45) is 2.63. The van der Waals surface area contributed by atoms with Gasteiger partial charge in [0.1, 0.15) is 0 Å². The SMILES string of the molecule is CC1CN2CCCC2CN1c1nsnc1Cl. The minimum atomic E-state index is 0.482. The van der Waals surface area contributed by atoms with Crippen LogP contribution < -0.4 is 4.90 Å². The number of piperazine rings is 1. The van der Waals surface area contributed by atoms with Crippen molar-refractivity contribution in [2.45, 2.75) is 31.8 Å². The number of aromatic nitrogens is 2. The van der Waals surface area contributed by atoms with Crippen molar-refractivity contribution in [1.29, 1.82) is 0 Å². The molecular weight excluding hydrogens is 244 g/mol. The number of halogens is 1. The van der Waals surface area contributed by atoms with Crippen LogP contribution >= 0.6 is 23.3 Å². The van der Waals surface area contributed by atoms with Crippen LogP contribution in [0.15, 0.2) is 0 Å². The fourth-order valence-electron chi connectivity index (χ4n) is 2.83. The molecule has 3 rings (SSSR count). The average molecular weight is 259 g/mol. The van der Waals surface area contributed by atoms with E-state index in [9.17, 15) is 0 Å². The van der Waals surface area contributed by atoms with Gasteiger partial charge in [-0.15, -0.1) is 0 Å². The second kappa shape index (κ2) is 4.13. The fourth-order valence-corrected chi connectivity index (χ4v) is 3.58. The number of rotatable bonds is 1. The number of fused-ring (bicyclic) bond motifs is 1. The molecule has 0 saturated carbocycles. The molecule has 2 unspecified atom stereocenters. The van der Waals surface area contributed by atoms with Crippen LogP contribution in [0.3, 0.4) is 0 Å². The molecule has 2 aliphatic rings. The fraction of sp³-hybridized carbons (Fsp3) is 0.800. The van der Waals surface area contributed by atoms with Crippen LogP contribution in [0.1, 0.15) is 19.8 Å². The lowest BCUT2D eigenvalue weighted by Gasteiger charge is -2.42. The second-order valence-corrected chi connectivity index (χ2v) is 5.56. The van der Waals surface area contributed by atoms with Gasteiger partial charge in [0.2, 0.25) is 0 Å². The summed E-state index contributed by atoms with van der Waals surface area (Å²) in [7, 11) is 0. The summed E-state index contributed by atoms with van der Waals surface area (Å²) in [5.41, 5.74) is 0. The summed E-state index contributed by atoms with van der Waals surface area (Å²) in [6, 6.07) is 1.17. The Morgan fingerprint density at radius 2 is 2.25 bits per heavy atom. The molecule has 3 heterocycles. The van der Waals surface area contributed by atoms with Gasteiger partial charge in [-0.2, -0.15) is 8.75 Å². The largest absolute Gasteiger partial charge is 0.348 e. The molecule has 0 N–H and O–H groups in total. The molecule has 4 nitrogen and oxygen atoms in total. The number of anilines is 1. The van der Waals surface area contributed by atoms with E-state index in [4.69, 9.17) is 11.6 Å². The molecule has 0 amide bonds. The van der Waals surface area contributed by atoms with E-state index in [1.807, 2.05) is 0 Å². The van der Waals surface area contributed by atoms with Crippen LogP contribution in [0.4, 0.5) is 5.82 Å². The van der Waals surface area contributed by atoms with E-state index >= 15 is 0 Å². The third-order valence-electron chi connectivity index (χ3n) is 3.64. The van der Waals surface area contributed by atoms with E-state index in [1.165, 1.54) is 31.1 Å². The zero-order valence-corrected chi connectivity index (χ0v) is 10.8. The van der Waals surface area contributed by atoms with E-state index in [0.29, 0.717) is 17.2 Å². The van der Waals surface area contributed by atoms with Crippen LogP contribution in [0.2, 0.25) is 5.15 Å². The first-order valence-electron chi connectivity index (χ1n) is 5.74. The van der Waals surface area contributed by atoms with Gasteiger partial charge in [-0.1, -0.05) is 11.6 Å². The third-order valence-corrected chi connectivity index (χ3v) is 4.51. The Bertz CT molecular complexity index is 383. The Kier molecular flexibility index (Phi) is 2.77. The summed E-state index contributed by atoms with van der Waals surface area (Å²) in [5, 5.41) is 0.559. The molecular formula is C10H15ClN4S. The van der Waals surface area contributed by atoms with E-state index in [1.54, 1.807) is 0 Å². The van der Waals surface area contributed by atoms with Crippen molar-refractivity contribution in [2.75, 3.05) is 24.5 Å². The zero-order chi connectivity index (χ0) is 11.1. The Labute approximate surface area is 105 Å². The highest BCUT2D eigenvalue weighted by Crippen LogP contribution is 2.31. The smallest absolute Gasteiger partial charge is 0.187 e. The van der Waals surface area contributed by atoms with E-state index in [0.717, 1.165) is 18.9 Å². The molecule has 0 bridgehead atoms. The van der Waals surface area contributed by atoms with Gasteiger partial charge in [-0.25, -0.2) is 0 Å². The summed E-state index contributed by atoms with van der Waals surface area (Å²) in [5.74, 6) is 0.880. The number of nitrogens with zero attached hydrogens (tertiary/aromatic N) is 4. The van der Waals surface area contributed by atoms with Crippen LogP contribution in [-0.2, 0) is 0 Å². The maximum Gasteiger partial charge on any atom is 0.187 e. The predicted octanol–water partition coefficient (Wildman–Crippen LogP) is 1.86. The molecule has 1 aromatic rings. The summed E-state index contributed by atoms with van der Waals surface area (Å²) >= 11 is 7.26. The molecule has 2 atom stereocenters. The first-order valence-corrected chi connectivity index (χ1v) is 6.85. The minimum Gasteiger partial charge on any atom is -0.348 e. The lowest BCUT2D eigenvalue weighted by molar-refractivity contribution is 0.202. The van der Waals surface area contributed by atoms with Gasteiger partial charge in [0.05, 0.1) is 11.7 Å². The van der Waals surface area contributed by atoms with Gasteiger partial charge in [0.15, 0.2) is 11.0 Å². The van der Waals surface area contributed by atoms with Crippen molar-refractivity contribution in [1.82, 2.24) is 13.6 Å². The highest BCUT2D eigenvalue weighted by Gasteiger charge is 2.35. The summed E-state index contributed by atoms with van der Waals surface area (Å²) in [6.45, 7) is 5.67. The predicted molar refractivity (Wildman–Crippen MR) is 66.3 cm³/mol. The molecule has 0 aromatic carbocycles. The Morgan fingerprint density at radius 1 is 1.38 bits per heavy atom. The maximum absolute atomic E-state index is 6.06. The van der Waals surface area contributed by atoms with E-state index in [-0.39, 0.29) is 0 Å². The Balaban J connectivity index is 1.83. The van der Waals surface area contributed by atoms with Crippen LogP contribution in [0.25, 0.3) is 0 Å². The minimum absolute atomic E-state index is 0.482. The van der Waals surface area contributed by atoms with Crippen LogP contribution in [0, 0.1) is 0 Å². The Hall–Kier alpha value is -0.390. The van der Waals surface area contributed by atoms with Crippen LogP contribution in [-0.4, -0.2) is 45.4 Å². The topological polar surface area (TPSA) is 32.3 Å². The molecule has 1 aromatic heterocycles. The average Bonchev–Trinajstić information content (AvgIpc) is 2.85. The molecule has 0 radical (unpaired) electrons. The van der Waals surface area contributed by atoms with Crippen molar-refractivity contribution >= 4 is 29.1 Å². The molecule has 2 fully saturated rings. The highest BCUT2D eigenvalue weighted by atomic mass is 35.5. The summed E-state index contributed by atoms with van der Waals surface area (Å²) in [4.78, 5) is 4.91. The van der Waals surface area contributed by atoms with Crippen molar-refractivity contribution in [3.63, 3.8) is 0 Å². The Morgan fingerprint density at radius 3 is 3.00 bits per heavy atom. The van der Waals surface area contributed by atoms with Gasteiger partial charge in [0, 0.05) is 25.2 Å². The van der Waals surface area contributed by atoms with Gasteiger partial charge >= 0.3 is 0 Å². The van der Waals surface area contributed by atoms with E-state index in [2.05, 4.69) is 25.5 Å². The van der Waals surface area contributed by atoms with Crippen LogP contribution in [0.5, 0.6) is 0 Å². The molecule has 16 heavy (non-hydrogen) atoms. The van der Waals surface area contributed by atoms with Gasteiger partial charge in [-0.05, 0) is 26.3 Å². The lowest BCUT2D eigenvalue weighted by Crippen LogP contribution is -2.55. The molecule has 2 aliphatic heterocycles. The molecule has 88 valence electrons. The van der Waals surface area contributed by atoms with Crippen molar-refractivity contribution in [3.8, 4) is 0 Å². The van der Waals surface area contributed by atoms with Crippen molar-refractivity contribution in [3.05, 3.63) is 5.15 Å². The molecule has 2 saturated heterocycles. The molecule has 6 heteroatoms. The van der Waals surface area contributed by atoms with Crippen molar-refractivity contribution < 1.29 is 0 Å². The van der Waals surface area contributed by atoms with Gasteiger partial charge in [-0.3, -0.25) is 4.90 Å². The van der Waals surface area contributed by atoms with E-state index < -0.39 is 0 Å². The standard InChI is InChI=1S/C10H15ClN4S/c1-7-5-14-4-2-3-8(14)6-15(7)10-9(11)12-16-13-10/h7-8H,2-6H2,1H3. The normalized spacial score (nSPS) is 30.8. The lowest BCUT2D eigenvalue weighted by atomic mass is 10.1. The van der Waals surface area contributed by atoms with Crippen molar-refractivity contribution in [2.24, 2.45) is 0 Å². The summed E-state index contributed by atoms with van der Waals surface area (Å²) < 4.78 is 8.36. The van der Waals surface area contributed by atoms with Gasteiger partial charge < -0.3 is 4.90 Å². The van der Waals surface area contributed by atoms with Gasteiger partial charge in [0.25, 0.3) is 0 Å². The highest BCUT2D eigenvalue weighted by molar-refractivity contribution is 6.99. The first-order chi connectivity index (χ1) is 7.75. The molecule has 0 spiro atoms.